The summed E-state index contributed by atoms with van der Waals surface area (Å²) in [5.74, 6) is 0. The fourth-order valence-corrected chi connectivity index (χ4v) is 1.55. The molecule has 1 rings (SSSR count). The highest BCUT2D eigenvalue weighted by Crippen LogP contribution is 2.31. The van der Waals surface area contributed by atoms with Crippen molar-refractivity contribution >= 4 is 11.6 Å². The van der Waals surface area contributed by atoms with Crippen LogP contribution >= 0.6 is 11.6 Å². The van der Waals surface area contributed by atoms with Crippen LogP contribution in [0.15, 0.2) is 0 Å². The van der Waals surface area contributed by atoms with Gasteiger partial charge in [-0.05, 0) is 20.8 Å². The monoisotopic (exact) mass is 179 g/mol. The Bertz CT molecular complexity index is 143. The summed E-state index contributed by atoms with van der Waals surface area (Å²) in [7, 11) is 0. The first-order chi connectivity index (χ1) is 4.86. The third-order valence-corrected chi connectivity index (χ3v) is 2.11. The molecule has 1 aliphatic heterocycles. The normalized spacial score (nSPS) is 39.0. The first kappa shape index (κ1) is 9.26. The lowest BCUT2D eigenvalue weighted by Crippen LogP contribution is -2.60. The Hall–Kier alpha value is 0.170. The van der Waals surface area contributed by atoms with Crippen molar-refractivity contribution in [3.05, 3.63) is 0 Å². The predicted octanol–water partition coefficient (Wildman–Crippen LogP) is 1.44. The predicted molar refractivity (Wildman–Crippen MR) is 42.8 cm³/mol. The molecule has 0 aromatic rings. The first-order valence-corrected chi connectivity index (χ1v) is 4.00. The summed E-state index contributed by atoms with van der Waals surface area (Å²) in [5.41, 5.74) is -0.394. The van der Waals surface area contributed by atoms with Gasteiger partial charge in [0, 0.05) is 0 Å². The molecule has 1 fully saturated rings. The first-order valence-electron chi connectivity index (χ1n) is 3.62. The smallest absolute Gasteiger partial charge is 0.140 e. The summed E-state index contributed by atoms with van der Waals surface area (Å²) >= 11 is 5.96. The zero-order valence-corrected chi connectivity index (χ0v) is 7.85. The van der Waals surface area contributed by atoms with E-state index in [2.05, 4.69) is 0 Å². The Morgan fingerprint density at radius 2 is 1.91 bits per heavy atom. The van der Waals surface area contributed by atoms with Gasteiger partial charge in [-0.3, -0.25) is 0 Å². The van der Waals surface area contributed by atoms with Crippen LogP contribution in [-0.2, 0) is 4.74 Å². The molecule has 0 amide bonds. The van der Waals surface area contributed by atoms with Crippen molar-refractivity contribution in [1.82, 2.24) is 5.06 Å². The third-order valence-electron chi connectivity index (χ3n) is 1.84. The van der Waals surface area contributed by atoms with Crippen LogP contribution in [0.4, 0.5) is 0 Å². The molecule has 1 atom stereocenters. The fraction of sp³-hybridized carbons (Fsp3) is 1.00. The van der Waals surface area contributed by atoms with E-state index >= 15 is 0 Å². The second-order valence-electron chi connectivity index (χ2n) is 3.76. The third kappa shape index (κ3) is 1.67. The molecular formula is C7H14ClNO2. The van der Waals surface area contributed by atoms with Crippen LogP contribution in [0.25, 0.3) is 0 Å². The number of hydrogen-bond donors (Lipinski definition) is 1. The zero-order valence-electron chi connectivity index (χ0n) is 7.09. The van der Waals surface area contributed by atoms with Crippen LogP contribution in [0.2, 0.25) is 0 Å². The minimum Gasteiger partial charge on any atom is -0.376 e. The van der Waals surface area contributed by atoms with E-state index in [1.54, 1.807) is 6.92 Å². The van der Waals surface area contributed by atoms with Gasteiger partial charge in [0.25, 0.3) is 0 Å². The minimum absolute atomic E-state index is 0.356. The van der Waals surface area contributed by atoms with Crippen molar-refractivity contribution in [3.63, 3.8) is 0 Å². The molecule has 11 heavy (non-hydrogen) atoms. The molecule has 0 aliphatic carbocycles. The molecule has 1 N–H and O–H groups in total. The van der Waals surface area contributed by atoms with E-state index in [1.165, 1.54) is 0 Å². The fourth-order valence-electron chi connectivity index (χ4n) is 1.24. The quantitative estimate of drug-likeness (QED) is 0.451. The summed E-state index contributed by atoms with van der Waals surface area (Å²) in [6.07, 6.45) is 0. The Kier molecular flexibility index (Phi) is 2.18. The van der Waals surface area contributed by atoms with Gasteiger partial charge in [0.15, 0.2) is 0 Å². The van der Waals surface area contributed by atoms with Crippen LogP contribution in [0.1, 0.15) is 20.8 Å². The number of rotatable bonds is 0. The van der Waals surface area contributed by atoms with Gasteiger partial charge in [-0.1, -0.05) is 11.6 Å². The van der Waals surface area contributed by atoms with Crippen molar-refractivity contribution in [1.29, 1.82) is 0 Å². The highest BCUT2D eigenvalue weighted by Gasteiger charge is 2.43. The maximum Gasteiger partial charge on any atom is 0.140 e. The molecule has 1 saturated heterocycles. The van der Waals surface area contributed by atoms with E-state index in [9.17, 15) is 5.21 Å². The molecule has 0 radical (unpaired) electrons. The number of hydrogen-bond acceptors (Lipinski definition) is 3. The van der Waals surface area contributed by atoms with Crippen molar-refractivity contribution in [2.45, 2.75) is 31.3 Å². The van der Waals surface area contributed by atoms with Gasteiger partial charge in [-0.15, -0.1) is 0 Å². The molecule has 0 bridgehead atoms. The Balaban J connectivity index is 2.76. The van der Waals surface area contributed by atoms with E-state index in [0.29, 0.717) is 13.2 Å². The number of alkyl halides is 1. The van der Waals surface area contributed by atoms with Gasteiger partial charge in [-0.25, -0.2) is 0 Å². The largest absolute Gasteiger partial charge is 0.376 e. The van der Waals surface area contributed by atoms with Crippen LogP contribution in [0.5, 0.6) is 0 Å². The number of nitrogens with zero attached hydrogens (tertiary/aromatic N) is 1. The molecule has 0 spiro atoms. The highest BCUT2D eigenvalue weighted by atomic mass is 35.5. The zero-order chi connectivity index (χ0) is 8.70. The van der Waals surface area contributed by atoms with Crippen molar-refractivity contribution in [3.8, 4) is 0 Å². The minimum atomic E-state index is -0.790. The molecule has 1 aliphatic rings. The lowest BCUT2D eigenvalue weighted by molar-refractivity contribution is -0.258. The number of morpholine rings is 1. The van der Waals surface area contributed by atoms with Crippen LogP contribution in [-0.4, -0.2) is 34.0 Å². The maximum atomic E-state index is 9.59. The molecular weight excluding hydrogens is 166 g/mol. The standard InChI is InChI=1S/C7H14ClNO2/c1-6(2)4-11-5-7(3,8)9(6)10/h10H,4-5H2,1-3H3. The number of halogens is 1. The lowest BCUT2D eigenvalue weighted by Gasteiger charge is -2.46. The van der Waals surface area contributed by atoms with Crippen LogP contribution in [0, 0.1) is 0 Å². The van der Waals surface area contributed by atoms with Gasteiger partial charge < -0.3 is 9.94 Å². The van der Waals surface area contributed by atoms with Gasteiger partial charge in [0.2, 0.25) is 0 Å². The Morgan fingerprint density at radius 1 is 1.36 bits per heavy atom. The van der Waals surface area contributed by atoms with E-state index < -0.39 is 10.5 Å². The van der Waals surface area contributed by atoms with Gasteiger partial charge in [0.1, 0.15) is 5.00 Å². The number of hydroxylamine groups is 2. The van der Waals surface area contributed by atoms with Crippen molar-refractivity contribution in [2.75, 3.05) is 13.2 Å². The average Bonchev–Trinajstić information content (AvgIpc) is 1.82. The summed E-state index contributed by atoms with van der Waals surface area (Å²) in [6, 6.07) is 0. The molecule has 0 saturated carbocycles. The van der Waals surface area contributed by atoms with Gasteiger partial charge >= 0.3 is 0 Å². The van der Waals surface area contributed by atoms with Crippen molar-refractivity contribution in [2.24, 2.45) is 0 Å². The molecule has 0 aromatic carbocycles. The van der Waals surface area contributed by atoms with E-state index in [1.807, 2.05) is 13.8 Å². The van der Waals surface area contributed by atoms with Crippen LogP contribution in [0.3, 0.4) is 0 Å². The van der Waals surface area contributed by atoms with Crippen LogP contribution < -0.4 is 0 Å². The SMILES string of the molecule is CC1(C)COCC(C)(Cl)N1O. The van der Waals surface area contributed by atoms with Gasteiger partial charge in [-0.2, -0.15) is 5.06 Å². The number of ether oxygens (including phenoxy) is 1. The van der Waals surface area contributed by atoms with E-state index in [0.717, 1.165) is 5.06 Å². The second kappa shape index (κ2) is 2.59. The topological polar surface area (TPSA) is 32.7 Å². The Labute approximate surface area is 71.8 Å². The molecule has 1 unspecified atom stereocenters. The summed E-state index contributed by atoms with van der Waals surface area (Å²) in [4.78, 5) is -0.790. The lowest BCUT2D eigenvalue weighted by atomic mass is 10.0. The summed E-state index contributed by atoms with van der Waals surface area (Å²) in [5, 5.41) is 10.7. The summed E-state index contributed by atoms with van der Waals surface area (Å²) in [6.45, 7) is 6.36. The highest BCUT2D eigenvalue weighted by molar-refractivity contribution is 6.23. The Morgan fingerprint density at radius 3 is 2.27 bits per heavy atom. The molecule has 3 nitrogen and oxygen atoms in total. The average molecular weight is 180 g/mol. The molecule has 4 heteroatoms. The maximum absolute atomic E-state index is 9.59. The second-order valence-corrected chi connectivity index (χ2v) is 4.57. The van der Waals surface area contributed by atoms with Gasteiger partial charge in [0.05, 0.1) is 18.8 Å². The molecule has 66 valence electrons. The molecule has 1 heterocycles. The van der Waals surface area contributed by atoms with E-state index in [4.69, 9.17) is 16.3 Å². The molecule has 0 aromatic heterocycles. The summed E-state index contributed by atoms with van der Waals surface area (Å²) < 4.78 is 5.24. The van der Waals surface area contributed by atoms with E-state index in [-0.39, 0.29) is 0 Å². The van der Waals surface area contributed by atoms with Crippen molar-refractivity contribution < 1.29 is 9.94 Å².